The SMILES string of the molecule is CCn1c2ccccc2c2cc(/C=N\NC(=O)[C@H]3CCS(=O)(=O)C3)ccc21. The predicted molar refractivity (Wildman–Crippen MR) is 108 cm³/mol. The first-order chi connectivity index (χ1) is 13.0. The van der Waals surface area contributed by atoms with Gasteiger partial charge in [0, 0.05) is 28.4 Å². The molecule has 1 aliphatic heterocycles. The molecule has 6 nitrogen and oxygen atoms in total. The van der Waals surface area contributed by atoms with Gasteiger partial charge in [-0.2, -0.15) is 5.10 Å². The summed E-state index contributed by atoms with van der Waals surface area (Å²) in [4.78, 5) is 12.1. The van der Waals surface area contributed by atoms with Crippen molar-refractivity contribution in [3.05, 3.63) is 48.0 Å². The van der Waals surface area contributed by atoms with Crippen molar-refractivity contribution in [1.29, 1.82) is 0 Å². The Morgan fingerprint density at radius 1 is 1.22 bits per heavy atom. The minimum atomic E-state index is -3.08. The molecule has 27 heavy (non-hydrogen) atoms. The van der Waals surface area contributed by atoms with Gasteiger partial charge in [0.05, 0.1) is 23.6 Å². The number of fused-ring (bicyclic) bond motifs is 3. The van der Waals surface area contributed by atoms with Gasteiger partial charge < -0.3 is 4.57 Å². The number of sulfone groups is 1. The standard InChI is InChI=1S/C20H21N3O3S/c1-2-23-18-6-4-3-5-16(18)17-11-14(7-8-19(17)23)12-21-22-20(24)15-9-10-27(25,26)13-15/h3-8,11-12,15H,2,9-10,13H2,1H3,(H,22,24)/b21-12-/t15-/m0/s1. The number of hydrogen-bond acceptors (Lipinski definition) is 4. The zero-order valence-corrected chi connectivity index (χ0v) is 15.9. The van der Waals surface area contributed by atoms with E-state index in [-0.39, 0.29) is 17.4 Å². The molecule has 1 N–H and O–H groups in total. The second-order valence-electron chi connectivity index (χ2n) is 6.87. The summed E-state index contributed by atoms with van der Waals surface area (Å²) >= 11 is 0. The van der Waals surface area contributed by atoms with Gasteiger partial charge in [-0.1, -0.05) is 24.3 Å². The van der Waals surface area contributed by atoms with Crippen molar-refractivity contribution in [3.8, 4) is 0 Å². The second kappa shape index (κ2) is 6.81. The molecule has 0 unspecified atom stereocenters. The first-order valence-electron chi connectivity index (χ1n) is 9.03. The molecule has 7 heteroatoms. The van der Waals surface area contributed by atoms with Gasteiger partial charge in [-0.05, 0) is 37.1 Å². The summed E-state index contributed by atoms with van der Waals surface area (Å²) < 4.78 is 25.2. The molecular formula is C20H21N3O3S. The van der Waals surface area contributed by atoms with Crippen LogP contribution in [0.4, 0.5) is 0 Å². The van der Waals surface area contributed by atoms with Crippen LogP contribution in [-0.4, -0.2) is 36.6 Å². The number of carbonyl (C=O) groups excluding carboxylic acids is 1. The van der Waals surface area contributed by atoms with E-state index in [2.05, 4.69) is 46.3 Å². The molecule has 1 aromatic heterocycles. The van der Waals surface area contributed by atoms with Crippen molar-refractivity contribution < 1.29 is 13.2 Å². The van der Waals surface area contributed by atoms with Gasteiger partial charge >= 0.3 is 0 Å². The van der Waals surface area contributed by atoms with Gasteiger partial charge in [-0.3, -0.25) is 4.79 Å². The zero-order valence-electron chi connectivity index (χ0n) is 15.1. The maximum absolute atomic E-state index is 12.1. The maximum Gasteiger partial charge on any atom is 0.244 e. The lowest BCUT2D eigenvalue weighted by Crippen LogP contribution is -2.27. The van der Waals surface area contributed by atoms with Crippen LogP contribution in [0.25, 0.3) is 21.8 Å². The van der Waals surface area contributed by atoms with Gasteiger partial charge in [-0.15, -0.1) is 0 Å². The monoisotopic (exact) mass is 383 g/mol. The summed E-state index contributed by atoms with van der Waals surface area (Å²) in [5.41, 5.74) is 5.71. The Bertz CT molecular complexity index is 1160. The summed E-state index contributed by atoms with van der Waals surface area (Å²) in [6, 6.07) is 14.4. The fourth-order valence-electron chi connectivity index (χ4n) is 3.76. The Balaban J connectivity index is 1.57. The van der Waals surface area contributed by atoms with Crippen molar-refractivity contribution in [1.82, 2.24) is 9.99 Å². The van der Waals surface area contributed by atoms with Crippen LogP contribution in [0.2, 0.25) is 0 Å². The van der Waals surface area contributed by atoms with E-state index in [4.69, 9.17) is 0 Å². The quantitative estimate of drug-likeness (QED) is 0.556. The summed E-state index contributed by atoms with van der Waals surface area (Å²) in [5.74, 6) is -0.850. The van der Waals surface area contributed by atoms with Crippen molar-refractivity contribution in [2.45, 2.75) is 19.9 Å². The van der Waals surface area contributed by atoms with E-state index in [0.29, 0.717) is 6.42 Å². The van der Waals surface area contributed by atoms with E-state index in [9.17, 15) is 13.2 Å². The van der Waals surface area contributed by atoms with Gasteiger partial charge in [0.1, 0.15) is 0 Å². The number of benzene rings is 2. The Morgan fingerprint density at radius 3 is 2.74 bits per heavy atom. The van der Waals surface area contributed by atoms with E-state index >= 15 is 0 Å². The molecule has 4 rings (SSSR count). The summed E-state index contributed by atoms with van der Waals surface area (Å²) in [6.07, 6.45) is 1.96. The van der Waals surface area contributed by atoms with Crippen LogP contribution >= 0.6 is 0 Å². The lowest BCUT2D eigenvalue weighted by Gasteiger charge is -2.05. The Labute approximate surface area is 157 Å². The number of hydrogen-bond donors (Lipinski definition) is 1. The molecule has 0 saturated carbocycles. The number of hydrazone groups is 1. The molecule has 0 bridgehead atoms. The molecule has 1 aliphatic rings. The van der Waals surface area contributed by atoms with Crippen LogP contribution in [0.15, 0.2) is 47.6 Å². The van der Waals surface area contributed by atoms with Crippen molar-refractivity contribution in [3.63, 3.8) is 0 Å². The number of para-hydroxylation sites is 1. The number of aromatic nitrogens is 1. The van der Waals surface area contributed by atoms with Crippen LogP contribution in [-0.2, 0) is 21.2 Å². The number of nitrogens with one attached hydrogen (secondary N) is 1. The highest BCUT2D eigenvalue weighted by atomic mass is 32.2. The lowest BCUT2D eigenvalue weighted by atomic mass is 10.1. The second-order valence-corrected chi connectivity index (χ2v) is 9.10. The minimum Gasteiger partial charge on any atom is -0.341 e. The number of rotatable bonds is 4. The van der Waals surface area contributed by atoms with Crippen molar-refractivity contribution >= 4 is 43.8 Å². The van der Waals surface area contributed by atoms with Gasteiger partial charge in [0.25, 0.3) is 0 Å². The van der Waals surface area contributed by atoms with E-state index in [1.807, 2.05) is 18.2 Å². The van der Waals surface area contributed by atoms with Gasteiger partial charge in [0.2, 0.25) is 5.91 Å². The molecule has 0 radical (unpaired) electrons. The largest absolute Gasteiger partial charge is 0.341 e. The molecular weight excluding hydrogens is 362 g/mol. The van der Waals surface area contributed by atoms with Crippen LogP contribution in [0.5, 0.6) is 0 Å². The van der Waals surface area contributed by atoms with Crippen LogP contribution in [0.1, 0.15) is 18.9 Å². The van der Waals surface area contributed by atoms with Crippen LogP contribution in [0.3, 0.4) is 0 Å². The van der Waals surface area contributed by atoms with Crippen molar-refractivity contribution in [2.75, 3.05) is 11.5 Å². The Morgan fingerprint density at radius 2 is 2.00 bits per heavy atom. The molecule has 1 atom stereocenters. The highest BCUT2D eigenvalue weighted by Crippen LogP contribution is 2.29. The maximum atomic E-state index is 12.1. The van der Waals surface area contributed by atoms with E-state index in [1.165, 1.54) is 10.9 Å². The summed E-state index contributed by atoms with van der Waals surface area (Å²) in [5, 5.41) is 6.35. The third kappa shape index (κ3) is 3.35. The van der Waals surface area contributed by atoms with Crippen LogP contribution in [0, 0.1) is 5.92 Å². The molecule has 0 aliphatic carbocycles. The third-order valence-electron chi connectivity index (χ3n) is 5.10. The third-order valence-corrected chi connectivity index (χ3v) is 6.87. The minimum absolute atomic E-state index is 0.0763. The Hall–Kier alpha value is -2.67. The number of nitrogens with zero attached hydrogens (tertiary/aromatic N) is 2. The molecule has 2 heterocycles. The molecule has 1 saturated heterocycles. The Kier molecular flexibility index (Phi) is 4.47. The normalized spacial score (nSPS) is 19.2. The molecule has 2 aromatic carbocycles. The molecule has 0 spiro atoms. The highest BCUT2D eigenvalue weighted by Gasteiger charge is 2.32. The van der Waals surface area contributed by atoms with Gasteiger partial charge in [0.15, 0.2) is 9.84 Å². The molecule has 1 fully saturated rings. The number of carbonyl (C=O) groups is 1. The molecule has 1 amide bonds. The van der Waals surface area contributed by atoms with Crippen molar-refractivity contribution in [2.24, 2.45) is 11.0 Å². The van der Waals surface area contributed by atoms with E-state index < -0.39 is 15.8 Å². The highest BCUT2D eigenvalue weighted by molar-refractivity contribution is 7.91. The predicted octanol–water partition coefficient (Wildman–Crippen LogP) is 2.70. The van der Waals surface area contributed by atoms with E-state index in [1.54, 1.807) is 6.21 Å². The fourth-order valence-corrected chi connectivity index (χ4v) is 5.50. The lowest BCUT2D eigenvalue weighted by molar-refractivity contribution is -0.124. The van der Waals surface area contributed by atoms with Gasteiger partial charge in [-0.25, -0.2) is 13.8 Å². The first-order valence-corrected chi connectivity index (χ1v) is 10.8. The first kappa shape index (κ1) is 17.7. The molecule has 3 aromatic rings. The molecule has 140 valence electrons. The average molecular weight is 383 g/mol. The smallest absolute Gasteiger partial charge is 0.244 e. The number of aryl methyl sites for hydroxylation is 1. The van der Waals surface area contributed by atoms with E-state index in [0.717, 1.165) is 23.0 Å². The summed E-state index contributed by atoms with van der Waals surface area (Å²) in [6.45, 7) is 3.01. The fraction of sp³-hybridized carbons (Fsp3) is 0.300. The van der Waals surface area contributed by atoms with Crippen LogP contribution < -0.4 is 5.43 Å². The topological polar surface area (TPSA) is 80.5 Å². The zero-order chi connectivity index (χ0) is 19.0. The number of amides is 1. The average Bonchev–Trinajstić information content (AvgIpc) is 3.18. The summed E-state index contributed by atoms with van der Waals surface area (Å²) in [7, 11) is -3.08.